The lowest BCUT2D eigenvalue weighted by atomic mass is 10.1. The van der Waals surface area contributed by atoms with E-state index in [1.54, 1.807) is 25.4 Å². The molecule has 132 valence electrons. The van der Waals surface area contributed by atoms with Crippen LogP contribution < -0.4 is 4.74 Å². The van der Waals surface area contributed by atoms with Crippen molar-refractivity contribution in [2.75, 3.05) is 33.3 Å². The monoisotopic (exact) mass is 341 g/mol. The molecule has 1 atom stereocenters. The summed E-state index contributed by atoms with van der Waals surface area (Å²) in [4.78, 5) is 25.9. The van der Waals surface area contributed by atoms with E-state index in [-0.39, 0.29) is 11.9 Å². The number of hydrogen-bond donors (Lipinski definition) is 0. The molecule has 0 N–H and O–H groups in total. The molecule has 7 heteroatoms. The second kappa shape index (κ2) is 6.84. The molecule has 0 aromatic carbocycles. The molecule has 1 amide bonds. The van der Waals surface area contributed by atoms with Gasteiger partial charge in [0.2, 0.25) is 5.88 Å². The van der Waals surface area contributed by atoms with E-state index in [0.29, 0.717) is 24.5 Å². The first-order valence-corrected chi connectivity index (χ1v) is 8.77. The maximum atomic E-state index is 13.1. The Kier molecular flexibility index (Phi) is 4.40. The van der Waals surface area contributed by atoms with Crippen LogP contribution in [0.4, 0.5) is 0 Å². The van der Waals surface area contributed by atoms with Crippen molar-refractivity contribution in [1.82, 2.24) is 24.3 Å². The van der Waals surface area contributed by atoms with Gasteiger partial charge in [-0.1, -0.05) is 0 Å². The number of imidazole rings is 1. The van der Waals surface area contributed by atoms with Crippen molar-refractivity contribution >= 4 is 5.91 Å². The first-order chi connectivity index (χ1) is 12.3. The molecule has 2 aromatic heterocycles. The lowest BCUT2D eigenvalue weighted by molar-refractivity contribution is 0.0654. The van der Waals surface area contributed by atoms with Crippen molar-refractivity contribution < 1.29 is 9.53 Å². The maximum absolute atomic E-state index is 13.1. The van der Waals surface area contributed by atoms with Gasteiger partial charge in [0.05, 0.1) is 31.7 Å². The van der Waals surface area contributed by atoms with E-state index in [1.165, 1.54) is 12.8 Å². The number of hydrogen-bond acceptors (Lipinski definition) is 5. The lowest BCUT2D eigenvalue weighted by Crippen LogP contribution is -2.44. The number of rotatable bonds is 4. The number of nitrogens with zero attached hydrogens (tertiary/aromatic N) is 5. The van der Waals surface area contributed by atoms with Crippen LogP contribution in [0.15, 0.2) is 30.9 Å². The number of amides is 1. The zero-order valence-corrected chi connectivity index (χ0v) is 14.5. The summed E-state index contributed by atoms with van der Waals surface area (Å²) in [7, 11) is 1.54. The Balaban J connectivity index is 1.57. The number of likely N-dealkylation sites (tertiary alicyclic amines) is 1. The Bertz CT molecular complexity index is 753. The van der Waals surface area contributed by atoms with E-state index in [2.05, 4.69) is 19.4 Å². The minimum atomic E-state index is -0.0381. The summed E-state index contributed by atoms with van der Waals surface area (Å²) in [5.41, 5.74) is 1.59. The highest BCUT2D eigenvalue weighted by atomic mass is 16.5. The van der Waals surface area contributed by atoms with Crippen LogP contribution in [0.2, 0.25) is 0 Å². The summed E-state index contributed by atoms with van der Waals surface area (Å²) in [5.74, 6) is 0.339. The number of methoxy groups -OCH3 is 1. The Hall–Kier alpha value is -2.41. The second-order valence-electron chi connectivity index (χ2n) is 6.70. The van der Waals surface area contributed by atoms with E-state index in [1.807, 2.05) is 17.4 Å². The molecule has 2 aromatic rings. The Morgan fingerprint density at radius 1 is 1.36 bits per heavy atom. The predicted molar refractivity (Wildman–Crippen MR) is 92.5 cm³/mol. The van der Waals surface area contributed by atoms with Crippen LogP contribution in [-0.4, -0.2) is 63.5 Å². The van der Waals surface area contributed by atoms with E-state index in [0.717, 1.165) is 25.3 Å². The summed E-state index contributed by atoms with van der Waals surface area (Å²) in [5, 5.41) is 0. The highest BCUT2D eigenvalue weighted by Crippen LogP contribution is 2.26. The zero-order valence-electron chi connectivity index (χ0n) is 14.5. The molecule has 7 nitrogen and oxygen atoms in total. The highest BCUT2D eigenvalue weighted by molar-refractivity contribution is 5.96. The maximum Gasteiger partial charge on any atom is 0.259 e. The Morgan fingerprint density at radius 2 is 2.20 bits per heavy atom. The van der Waals surface area contributed by atoms with Crippen molar-refractivity contribution in [3.63, 3.8) is 0 Å². The minimum Gasteiger partial charge on any atom is -0.480 e. The van der Waals surface area contributed by atoms with Gasteiger partial charge in [-0.15, -0.1) is 0 Å². The molecule has 4 rings (SSSR count). The number of ether oxygens (including phenoxy) is 1. The Morgan fingerprint density at radius 3 is 3.00 bits per heavy atom. The van der Waals surface area contributed by atoms with Gasteiger partial charge in [-0.25, -0.2) is 9.97 Å². The van der Waals surface area contributed by atoms with Crippen LogP contribution in [0.25, 0.3) is 0 Å². The Labute approximate surface area is 147 Å². The van der Waals surface area contributed by atoms with Crippen LogP contribution >= 0.6 is 0 Å². The first kappa shape index (κ1) is 16.1. The average Bonchev–Trinajstić information content (AvgIpc) is 3.32. The van der Waals surface area contributed by atoms with Gasteiger partial charge in [0, 0.05) is 25.5 Å². The summed E-state index contributed by atoms with van der Waals surface area (Å²) in [6, 6.07) is 3.78. The van der Waals surface area contributed by atoms with Gasteiger partial charge in [0.1, 0.15) is 5.56 Å². The third kappa shape index (κ3) is 3.11. The van der Waals surface area contributed by atoms with Gasteiger partial charge in [0.25, 0.3) is 5.91 Å². The molecule has 0 aliphatic carbocycles. The minimum absolute atomic E-state index is 0.0381. The largest absolute Gasteiger partial charge is 0.480 e. The van der Waals surface area contributed by atoms with Crippen molar-refractivity contribution in [1.29, 1.82) is 0 Å². The normalized spacial score (nSPS) is 20.5. The fourth-order valence-electron chi connectivity index (χ4n) is 3.84. The summed E-state index contributed by atoms with van der Waals surface area (Å²) in [6.07, 6.45) is 7.91. The highest BCUT2D eigenvalue weighted by Gasteiger charge is 2.31. The molecule has 0 radical (unpaired) electrons. The fraction of sp³-hybridized carbons (Fsp3) is 0.500. The molecule has 25 heavy (non-hydrogen) atoms. The third-order valence-corrected chi connectivity index (χ3v) is 5.07. The van der Waals surface area contributed by atoms with Crippen LogP contribution in [-0.2, 0) is 6.54 Å². The zero-order chi connectivity index (χ0) is 17.2. The van der Waals surface area contributed by atoms with E-state index >= 15 is 0 Å². The first-order valence-electron chi connectivity index (χ1n) is 8.77. The summed E-state index contributed by atoms with van der Waals surface area (Å²) >= 11 is 0. The van der Waals surface area contributed by atoms with Crippen LogP contribution in [0.1, 0.15) is 34.9 Å². The van der Waals surface area contributed by atoms with E-state index in [9.17, 15) is 4.79 Å². The molecule has 1 saturated heterocycles. The topological polar surface area (TPSA) is 63.5 Å². The number of aromatic nitrogens is 3. The van der Waals surface area contributed by atoms with Crippen LogP contribution in [0, 0.1) is 0 Å². The molecular formula is C18H23N5O2. The number of pyridine rings is 1. The summed E-state index contributed by atoms with van der Waals surface area (Å²) in [6.45, 7) is 4.48. The molecule has 0 bridgehead atoms. The number of carbonyl (C=O) groups is 1. The van der Waals surface area contributed by atoms with Gasteiger partial charge in [-0.3, -0.25) is 4.79 Å². The van der Waals surface area contributed by atoms with E-state index in [4.69, 9.17) is 4.74 Å². The molecule has 2 aliphatic heterocycles. The second-order valence-corrected chi connectivity index (χ2v) is 6.70. The van der Waals surface area contributed by atoms with Gasteiger partial charge < -0.3 is 19.1 Å². The summed E-state index contributed by atoms with van der Waals surface area (Å²) < 4.78 is 7.49. The molecule has 1 fully saturated rings. The smallest absolute Gasteiger partial charge is 0.259 e. The lowest BCUT2D eigenvalue weighted by Gasteiger charge is -2.36. The van der Waals surface area contributed by atoms with Crippen molar-refractivity contribution in [3.8, 4) is 5.88 Å². The van der Waals surface area contributed by atoms with Gasteiger partial charge in [0.15, 0.2) is 0 Å². The molecular weight excluding hydrogens is 318 g/mol. The van der Waals surface area contributed by atoms with E-state index < -0.39 is 0 Å². The third-order valence-electron chi connectivity index (χ3n) is 5.07. The van der Waals surface area contributed by atoms with Gasteiger partial charge in [-0.2, -0.15) is 0 Å². The standard InChI is InChI=1S/C18H23N5O2/c1-25-17-16(5-4-6-20-17)18(24)22-11-14-9-19-13-23(14)15(12-22)10-21-7-2-3-8-21/h4-6,9,13,15H,2-3,7-8,10-12H2,1H3. The average molecular weight is 341 g/mol. The predicted octanol–water partition coefficient (Wildman–Crippen LogP) is 1.58. The number of fused-ring (bicyclic) bond motifs is 1. The molecule has 0 saturated carbocycles. The van der Waals surface area contributed by atoms with Crippen molar-refractivity contribution in [3.05, 3.63) is 42.1 Å². The van der Waals surface area contributed by atoms with Gasteiger partial charge >= 0.3 is 0 Å². The van der Waals surface area contributed by atoms with Crippen LogP contribution in [0.5, 0.6) is 5.88 Å². The molecule has 2 aliphatic rings. The van der Waals surface area contributed by atoms with Crippen molar-refractivity contribution in [2.24, 2.45) is 0 Å². The van der Waals surface area contributed by atoms with Crippen LogP contribution in [0.3, 0.4) is 0 Å². The quantitative estimate of drug-likeness (QED) is 0.845. The molecule has 0 spiro atoms. The molecule has 1 unspecified atom stereocenters. The fourth-order valence-corrected chi connectivity index (χ4v) is 3.84. The SMILES string of the molecule is COc1ncccc1C(=O)N1Cc2cncn2C(CN2CCCC2)C1. The molecule has 4 heterocycles. The van der Waals surface area contributed by atoms with Gasteiger partial charge in [-0.05, 0) is 38.1 Å². The number of carbonyl (C=O) groups excluding carboxylic acids is 1. The van der Waals surface area contributed by atoms with Crippen molar-refractivity contribution in [2.45, 2.75) is 25.4 Å².